The fourth-order valence-corrected chi connectivity index (χ4v) is 7.58. The molecule has 2 N–H and O–H groups in total. The summed E-state index contributed by atoms with van der Waals surface area (Å²) in [4.78, 5) is 29.9. The number of carbonyl (C=O) groups is 2. The SMILES string of the molecule is COc1ccc(CN(c2nncn2C2CCc3sc(NC(=O)C4CC4)c(C(=O)NCC4CC4)c3C2)C2CCOC2)c(OC)c1. The molecule has 2 atom stereocenters. The molecular formula is C32H40N6O5S. The maximum atomic E-state index is 13.6. The van der Waals surface area contributed by atoms with Crippen LogP contribution in [0.15, 0.2) is 24.5 Å². The molecule has 3 aliphatic carbocycles. The van der Waals surface area contributed by atoms with Gasteiger partial charge in [-0.1, -0.05) is 0 Å². The molecule has 3 heterocycles. The summed E-state index contributed by atoms with van der Waals surface area (Å²) >= 11 is 1.57. The van der Waals surface area contributed by atoms with Crippen LogP contribution in [0.2, 0.25) is 0 Å². The molecule has 11 nitrogen and oxygen atoms in total. The van der Waals surface area contributed by atoms with Crippen LogP contribution in [0.3, 0.4) is 0 Å². The molecule has 12 heteroatoms. The number of aromatic nitrogens is 3. The molecule has 3 aromatic rings. The minimum absolute atomic E-state index is 0.0286. The van der Waals surface area contributed by atoms with Gasteiger partial charge in [0.25, 0.3) is 5.91 Å². The van der Waals surface area contributed by atoms with E-state index >= 15 is 0 Å². The Kier molecular flexibility index (Phi) is 8.19. The molecule has 1 saturated heterocycles. The third-order valence-electron chi connectivity index (χ3n) is 9.28. The highest BCUT2D eigenvalue weighted by Crippen LogP contribution is 2.43. The summed E-state index contributed by atoms with van der Waals surface area (Å²) in [5, 5.41) is 16.0. The van der Waals surface area contributed by atoms with Gasteiger partial charge < -0.3 is 29.7 Å². The number of methoxy groups -OCH3 is 2. The number of aryl methyl sites for hydroxylation is 1. The van der Waals surface area contributed by atoms with Crippen LogP contribution in [-0.2, 0) is 28.9 Å². The lowest BCUT2D eigenvalue weighted by molar-refractivity contribution is -0.117. The number of hydrogen-bond acceptors (Lipinski definition) is 9. The van der Waals surface area contributed by atoms with Crippen LogP contribution in [0.1, 0.15) is 70.9 Å². The van der Waals surface area contributed by atoms with E-state index in [1.165, 1.54) is 4.88 Å². The number of anilines is 2. The molecule has 0 radical (unpaired) electrons. The second-order valence-corrected chi connectivity index (χ2v) is 13.5. The first kappa shape index (κ1) is 29.1. The number of ether oxygens (including phenoxy) is 3. The van der Waals surface area contributed by atoms with Gasteiger partial charge in [-0.25, -0.2) is 0 Å². The van der Waals surface area contributed by atoms with Crippen molar-refractivity contribution in [1.29, 1.82) is 0 Å². The number of nitrogens with zero attached hydrogens (tertiary/aromatic N) is 4. The molecule has 3 fully saturated rings. The Balaban J connectivity index is 1.18. The van der Waals surface area contributed by atoms with Gasteiger partial charge in [0.05, 0.1) is 32.4 Å². The first-order chi connectivity index (χ1) is 21.5. The minimum atomic E-state index is -0.0820. The molecule has 2 aromatic heterocycles. The van der Waals surface area contributed by atoms with E-state index in [9.17, 15) is 9.59 Å². The Bertz CT molecular complexity index is 1520. The second-order valence-electron chi connectivity index (χ2n) is 12.4. The van der Waals surface area contributed by atoms with Crippen molar-refractivity contribution in [2.75, 3.05) is 44.2 Å². The lowest BCUT2D eigenvalue weighted by atomic mass is 9.91. The molecule has 234 valence electrons. The Labute approximate surface area is 261 Å². The van der Waals surface area contributed by atoms with E-state index in [0.29, 0.717) is 49.2 Å². The Hall–Kier alpha value is -3.64. The van der Waals surface area contributed by atoms with Gasteiger partial charge in [0.1, 0.15) is 22.8 Å². The number of rotatable bonds is 12. The zero-order valence-electron chi connectivity index (χ0n) is 25.3. The number of hydrogen-bond donors (Lipinski definition) is 2. The normalized spacial score (nSPS) is 21.0. The summed E-state index contributed by atoms with van der Waals surface area (Å²) in [6.07, 6.45) is 9.25. The van der Waals surface area contributed by atoms with E-state index in [0.717, 1.165) is 73.5 Å². The van der Waals surface area contributed by atoms with E-state index in [4.69, 9.17) is 14.2 Å². The molecule has 0 spiro atoms. The first-order valence-electron chi connectivity index (χ1n) is 15.7. The summed E-state index contributed by atoms with van der Waals surface area (Å²) in [6, 6.07) is 6.08. The van der Waals surface area contributed by atoms with Crippen LogP contribution in [-0.4, -0.2) is 66.6 Å². The van der Waals surface area contributed by atoms with Crippen molar-refractivity contribution in [1.82, 2.24) is 20.1 Å². The van der Waals surface area contributed by atoms with Gasteiger partial charge in [0.2, 0.25) is 11.9 Å². The molecule has 7 rings (SSSR count). The minimum Gasteiger partial charge on any atom is -0.497 e. The zero-order chi connectivity index (χ0) is 30.2. The fourth-order valence-electron chi connectivity index (χ4n) is 6.33. The Morgan fingerprint density at radius 3 is 2.73 bits per heavy atom. The van der Waals surface area contributed by atoms with Gasteiger partial charge in [-0.3, -0.25) is 14.2 Å². The number of fused-ring (bicyclic) bond motifs is 1. The molecule has 2 saturated carbocycles. The summed E-state index contributed by atoms with van der Waals surface area (Å²) < 4.78 is 19.1. The van der Waals surface area contributed by atoms with Crippen molar-refractivity contribution in [3.8, 4) is 11.5 Å². The summed E-state index contributed by atoms with van der Waals surface area (Å²) in [5.74, 6) is 2.86. The summed E-state index contributed by atoms with van der Waals surface area (Å²) in [7, 11) is 3.32. The van der Waals surface area contributed by atoms with Crippen molar-refractivity contribution >= 4 is 34.1 Å². The third-order valence-corrected chi connectivity index (χ3v) is 10.5. The molecule has 44 heavy (non-hydrogen) atoms. The van der Waals surface area contributed by atoms with E-state index in [1.807, 2.05) is 24.5 Å². The van der Waals surface area contributed by atoms with Crippen molar-refractivity contribution in [2.45, 2.75) is 70.0 Å². The quantitative estimate of drug-likeness (QED) is 0.307. The van der Waals surface area contributed by atoms with Crippen LogP contribution in [0.25, 0.3) is 0 Å². The monoisotopic (exact) mass is 620 g/mol. The molecule has 2 unspecified atom stereocenters. The number of nitrogens with one attached hydrogen (secondary N) is 2. The topological polar surface area (TPSA) is 120 Å². The van der Waals surface area contributed by atoms with Gasteiger partial charge in [0, 0.05) is 48.2 Å². The van der Waals surface area contributed by atoms with Crippen LogP contribution < -0.4 is 25.0 Å². The van der Waals surface area contributed by atoms with E-state index in [1.54, 1.807) is 25.6 Å². The number of amides is 2. The number of benzene rings is 1. The van der Waals surface area contributed by atoms with E-state index in [2.05, 4.69) is 30.3 Å². The Morgan fingerprint density at radius 2 is 2.00 bits per heavy atom. The molecule has 2 amide bonds. The average Bonchev–Trinajstić information content (AvgIpc) is 3.92. The molecular weight excluding hydrogens is 580 g/mol. The smallest absolute Gasteiger partial charge is 0.254 e. The van der Waals surface area contributed by atoms with Crippen molar-refractivity contribution < 1.29 is 23.8 Å². The molecule has 1 aliphatic heterocycles. The third kappa shape index (κ3) is 6.01. The summed E-state index contributed by atoms with van der Waals surface area (Å²) in [6.45, 7) is 2.57. The average molecular weight is 621 g/mol. The predicted molar refractivity (Wildman–Crippen MR) is 167 cm³/mol. The second kappa shape index (κ2) is 12.4. The molecule has 1 aromatic carbocycles. The summed E-state index contributed by atoms with van der Waals surface area (Å²) in [5.41, 5.74) is 2.70. The molecule has 0 bridgehead atoms. The van der Waals surface area contributed by atoms with Gasteiger partial charge >= 0.3 is 0 Å². The fraction of sp³-hybridized carbons (Fsp3) is 0.562. The zero-order valence-corrected chi connectivity index (χ0v) is 26.2. The van der Waals surface area contributed by atoms with Crippen molar-refractivity contribution in [3.05, 3.63) is 46.1 Å². The van der Waals surface area contributed by atoms with Gasteiger partial charge in [-0.05, 0) is 75.0 Å². The van der Waals surface area contributed by atoms with Gasteiger partial charge in [-0.15, -0.1) is 21.5 Å². The molecule has 4 aliphatic rings. The largest absolute Gasteiger partial charge is 0.497 e. The van der Waals surface area contributed by atoms with Crippen LogP contribution in [0.5, 0.6) is 11.5 Å². The maximum absolute atomic E-state index is 13.6. The van der Waals surface area contributed by atoms with Crippen LogP contribution in [0.4, 0.5) is 10.9 Å². The lowest BCUT2D eigenvalue weighted by Crippen LogP contribution is -2.38. The number of carbonyl (C=O) groups excluding carboxylic acids is 2. The maximum Gasteiger partial charge on any atom is 0.254 e. The van der Waals surface area contributed by atoms with E-state index < -0.39 is 0 Å². The highest BCUT2D eigenvalue weighted by Gasteiger charge is 2.36. The first-order valence-corrected chi connectivity index (χ1v) is 16.5. The van der Waals surface area contributed by atoms with Crippen molar-refractivity contribution in [3.63, 3.8) is 0 Å². The van der Waals surface area contributed by atoms with Crippen LogP contribution >= 0.6 is 11.3 Å². The highest BCUT2D eigenvalue weighted by molar-refractivity contribution is 7.17. The van der Waals surface area contributed by atoms with E-state index in [-0.39, 0.29) is 29.8 Å². The van der Waals surface area contributed by atoms with Crippen molar-refractivity contribution in [2.24, 2.45) is 11.8 Å². The predicted octanol–water partition coefficient (Wildman–Crippen LogP) is 4.37. The van der Waals surface area contributed by atoms with Gasteiger partial charge in [0.15, 0.2) is 0 Å². The highest BCUT2D eigenvalue weighted by atomic mass is 32.1. The van der Waals surface area contributed by atoms with Gasteiger partial charge in [-0.2, -0.15) is 0 Å². The Morgan fingerprint density at radius 1 is 1.14 bits per heavy atom. The standard InChI is InChI=1S/C32H40N6O5S/c1-41-24-9-7-21(26(14-24)42-2)16-37(23-11-12-43-17-23)32-36-34-18-38(32)22-8-10-27-25(13-22)28(30(40)33-15-19-3-4-19)31(44-27)35-29(39)20-5-6-20/h7,9,14,18-20,22-23H,3-6,8,10-13,15-17H2,1-2H3,(H,33,40)(H,35,39). The number of thiophene rings is 1. The lowest BCUT2D eigenvalue weighted by Gasteiger charge is -2.32. The van der Waals surface area contributed by atoms with Crippen LogP contribution in [0, 0.1) is 11.8 Å².